The molecule has 0 aromatic carbocycles. The van der Waals surface area contributed by atoms with E-state index in [1.807, 2.05) is 26.8 Å². The van der Waals surface area contributed by atoms with Crippen molar-refractivity contribution in [3.05, 3.63) is 18.0 Å². The molecule has 1 aromatic heterocycles. The van der Waals surface area contributed by atoms with Gasteiger partial charge in [0.2, 0.25) is 11.9 Å². The van der Waals surface area contributed by atoms with Gasteiger partial charge in [-0.25, -0.2) is 9.97 Å². The Hall–Kier alpha value is -1.73. The molecule has 4 atom stereocenters. The highest BCUT2D eigenvalue weighted by Gasteiger charge is 2.49. The van der Waals surface area contributed by atoms with Crippen LogP contribution >= 0.6 is 0 Å². The molecule has 0 bridgehead atoms. The second-order valence-corrected chi connectivity index (χ2v) is 9.19. The Balaban J connectivity index is 1.64. The topological polar surface area (TPSA) is 85.4 Å². The third-order valence-electron chi connectivity index (χ3n) is 4.79. The largest absolute Gasteiger partial charge is 0.371 e. The molecule has 2 saturated heterocycles. The first-order chi connectivity index (χ1) is 12.1. The number of nitrogens with one attached hydrogen (secondary N) is 2. The number of rotatable bonds is 3. The van der Waals surface area contributed by atoms with E-state index < -0.39 is 5.41 Å². The van der Waals surface area contributed by atoms with Crippen LogP contribution in [0.1, 0.15) is 47.2 Å². The van der Waals surface area contributed by atoms with Crippen LogP contribution in [0.2, 0.25) is 0 Å². The van der Waals surface area contributed by atoms with Crippen molar-refractivity contribution < 1.29 is 14.3 Å². The number of carbonyl (C=O) groups excluding carboxylic acids is 1. The number of ether oxygens (including phenoxy) is 2. The Morgan fingerprint density at radius 2 is 1.69 bits per heavy atom. The zero-order chi connectivity index (χ0) is 19.1. The van der Waals surface area contributed by atoms with Crippen LogP contribution in [0.15, 0.2) is 12.3 Å². The summed E-state index contributed by atoms with van der Waals surface area (Å²) in [6.07, 6.45) is 1.50. The molecule has 7 nitrogen and oxygen atoms in total. The first kappa shape index (κ1) is 19.0. The Labute approximate surface area is 155 Å². The summed E-state index contributed by atoms with van der Waals surface area (Å²) in [5.41, 5.74) is 0.503. The predicted octanol–water partition coefficient (Wildman–Crippen LogP) is 1.88. The number of hydrogen-bond acceptors (Lipinski definition) is 6. The zero-order valence-electron chi connectivity index (χ0n) is 16.5. The molecule has 7 heteroatoms. The quantitative estimate of drug-likeness (QED) is 0.854. The normalized spacial score (nSPS) is 28.7. The monoisotopic (exact) mass is 362 g/mol. The number of fused-ring (bicyclic) bond motifs is 1. The van der Waals surface area contributed by atoms with Crippen LogP contribution in [0.25, 0.3) is 0 Å². The van der Waals surface area contributed by atoms with Crippen LogP contribution in [0, 0.1) is 5.41 Å². The molecule has 26 heavy (non-hydrogen) atoms. The lowest BCUT2D eigenvalue weighted by Crippen LogP contribution is -2.48. The van der Waals surface area contributed by atoms with Crippen molar-refractivity contribution in [2.45, 2.75) is 71.2 Å². The number of hydrogen-bond donors (Lipinski definition) is 2. The fourth-order valence-corrected chi connectivity index (χ4v) is 3.14. The van der Waals surface area contributed by atoms with Gasteiger partial charge in [0.1, 0.15) is 12.2 Å². The fraction of sp³-hybridized carbons (Fsp3) is 0.737. The maximum Gasteiger partial charge on any atom is 0.225 e. The molecule has 0 aliphatic carbocycles. The molecule has 144 valence electrons. The lowest BCUT2D eigenvalue weighted by molar-refractivity contribution is -0.129. The van der Waals surface area contributed by atoms with Crippen LogP contribution in [0.3, 0.4) is 0 Å². The van der Waals surface area contributed by atoms with Gasteiger partial charge in [0.05, 0.1) is 31.0 Å². The number of aromatic nitrogens is 2. The van der Waals surface area contributed by atoms with Crippen molar-refractivity contribution in [3.8, 4) is 0 Å². The van der Waals surface area contributed by atoms with E-state index in [9.17, 15) is 4.79 Å². The summed E-state index contributed by atoms with van der Waals surface area (Å²) in [6, 6.07) is 1.77. The molecule has 3 rings (SSSR count). The van der Waals surface area contributed by atoms with E-state index in [0.29, 0.717) is 19.2 Å². The summed E-state index contributed by atoms with van der Waals surface area (Å²) in [5, 5.41) is 6.40. The second-order valence-electron chi connectivity index (χ2n) is 9.19. The smallest absolute Gasteiger partial charge is 0.225 e. The predicted molar refractivity (Wildman–Crippen MR) is 99.0 cm³/mol. The maximum absolute atomic E-state index is 12.3. The average molecular weight is 362 g/mol. The zero-order valence-corrected chi connectivity index (χ0v) is 16.5. The fourth-order valence-electron chi connectivity index (χ4n) is 3.14. The molecule has 1 amide bonds. The van der Waals surface area contributed by atoms with E-state index in [0.717, 1.165) is 5.69 Å². The van der Waals surface area contributed by atoms with Crippen molar-refractivity contribution >= 4 is 11.9 Å². The lowest BCUT2D eigenvalue weighted by Gasteiger charge is -2.23. The minimum absolute atomic E-state index is 0.00738. The van der Waals surface area contributed by atoms with Gasteiger partial charge in [-0.15, -0.1) is 0 Å². The molecule has 2 fully saturated rings. The van der Waals surface area contributed by atoms with Crippen molar-refractivity contribution in [3.63, 3.8) is 0 Å². The van der Waals surface area contributed by atoms with Gasteiger partial charge in [-0.2, -0.15) is 0 Å². The Morgan fingerprint density at radius 3 is 2.31 bits per heavy atom. The summed E-state index contributed by atoms with van der Waals surface area (Å²) >= 11 is 0. The summed E-state index contributed by atoms with van der Waals surface area (Å²) < 4.78 is 11.9. The second kappa shape index (κ2) is 6.78. The molecule has 0 spiro atoms. The first-order valence-electron chi connectivity index (χ1n) is 9.20. The van der Waals surface area contributed by atoms with Crippen LogP contribution in [0.4, 0.5) is 5.95 Å². The van der Waals surface area contributed by atoms with Gasteiger partial charge in [-0.05, 0) is 6.07 Å². The van der Waals surface area contributed by atoms with Gasteiger partial charge < -0.3 is 20.1 Å². The van der Waals surface area contributed by atoms with Crippen molar-refractivity contribution in [2.75, 3.05) is 18.5 Å². The van der Waals surface area contributed by atoms with Crippen molar-refractivity contribution in [2.24, 2.45) is 5.41 Å². The van der Waals surface area contributed by atoms with Gasteiger partial charge in [0, 0.05) is 17.0 Å². The molecular formula is C19H30N4O3. The van der Waals surface area contributed by atoms with Crippen LogP contribution in [0.5, 0.6) is 0 Å². The van der Waals surface area contributed by atoms with Gasteiger partial charge in [0.15, 0.2) is 0 Å². The summed E-state index contributed by atoms with van der Waals surface area (Å²) in [6.45, 7) is 13.0. The van der Waals surface area contributed by atoms with E-state index in [1.165, 1.54) is 0 Å². The highest BCUT2D eigenvalue weighted by atomic mass is 16.6. The molecule has 4 unspecified atom stereocenters. The Morgan fingerprint density at radius 1 is 1.08 bits per heavy atom. The highest BCUT2D eigenvalue weighted by Crippen LogP contribution is 2.29. The number of nitrogens with zero attached hydrogens (tertiary/aromatic N) is 2. The molecule has 1 aromatic rings. The number of carbonyl (C=O) groups is 1. The van der Waals surface area contributed by atoms with E-state index >= 15 is 0 Å². The molecule has 3 heterocycles. The van der Waals surface area contributed by atoms with Crippen molar-refractivity contribution in [1.29, 1.82) is 0 Å². The van der Waals surface area contributed by atoms with Crippen LogP contribution < -0.4 is 10.6 Å². The summed E-state index contributed by atoms with van der Waals surface area (Å²) in [7, 11) is 0. The molecule has 2 aliphatic heterocycles. The van der Waals surface area contributed by atoms with Crippen molar-refractivity contribution in [1.82, 2.24) is 15.3 Å². The van der Waals surface area contributed by atoms with E-state index in [-0.39, 0.29) is 35.6 Å². The van der Waals surface area contributed by atoms with Gasteiger partial charge in [-0.1, -0.05) is 41.5 Å². The number of amides is 1. The molecule has 2 aliphatic rings. The first-order valence-corrected chi connectivity index (χ1v) is 9.20. The number of anilines is 1. The molecule has 0 saturated carbocycles. The van der Waals surface area contributed by atoms with E-state index in [2.05, 4.69) is 41.4 Å². The van der Waals surface area contributed by atoms with Gasteiger partial charge in [0.25, 0.3) is 0 Å². The lowest BCUT2D eigenvalue weighted by atomic mass is 9.92. The minimum Gasteiger partial charge on any atom is -0.371 e. The third-order valence-corrected chi connectivity index (χ3v) is 4.79. The van der Waals surface area contributed by atoms with Gasteiger partial charge >= 0.3 is 0 Å². The maximum atomic E-state index is 12.3. The Bertz CT molecular complexity index is 665. The third kappa shape index (κ3) is 3.99. The molecular weight excluding hydrogens is 332 g/mol. The summed E-state index contributed by atoms with van der Waals surface area (Å²) in [4.78, 5) is 21.2. The summed E-state index contributed by atoms with van der Waals surface area (Å²) in [5.74, 6) is 0.588. The SMILES string of the molecule is CC(C)(C)C(=O)NC1COC2C(Nc3nccc(C(C)(C)C)n3)COC12. The standard InChI is InChI=1S/C19H30N4O3/c1-18(2,3)13-7-8-20-17(23-13)22-12-10-26-14-11(9-25-15(12)14)21-16(24)19(4,5)6/h7-8,11-12,14-15H,9-10H2,1-6H3,(H,21,24)(H,20,22,23). The molecule has 0 radical (unpaired) electrons. The minimum atomic E-state index is -0.435. The molecule has 2 N–H and O–H groups in total. The van der Waals surface area contributed by atoms with E-state index in [1.54, 1.807) is 6.20 Å². The average Bonchev–Trinajstić information content (AvgIpc) is 3.10. The van der Waals surface area contributed by atoms with Crippen LogP contribution in [-0.4, -0.2) is 53.4 Å². The van der Waals surface area contributed by atoms with E-state index in [4.69, 9.17) is 9.47 Å². The van der Waals surface area contributed by atoms with Crippen LogP contribution in [-0.2, 0) is 19.7 Å². The van der Waals surface area contributed by atoms with Gasteiger partial charge in [-0.3, -0.25) is 4.79 Å². The Kier molecular flexibility index (Phi) is 4.96. The highest BCUT2D eigenvalue weighted by molar-refractivity contribution is 5.81.